The van der Waals surface area contributed by atoms with E-state index < -0.39 is 41.1 Å². The number of halogens is 5. The maximum Gasteiger partial charge on any atom is 0.416 e. The number of nitrogens with zero attached hydrogens (tertiary/aromatic N) is 1. The number of carbonyl (C=O) groups is 2. The van der Waals surface area contributed by atoms with Gasteiger partial charge in [0.1, 0.15) is 11.6 Å². The third kappa shape index (κ3) is 8.17. The summed E-state index contributed by atoms with van der Waals surface area (Å²) in [7, 11) is 4.27. The van der Waals surface area contributed by atoms with Crippen molar-refractivity contribution < 1.29 is 41.7 Å². The van der Waals surface area contributed by atoms with Gasteiger partial charge in [0.25, 0.3) is 5.91 Å². The molecule has 1 heterocycles. The molecule has 0 unspecified atom stereocenters. The van der Waals surface area contributed by atoms with E-state index in [4.69, 9.17) is 16.3 Å². The summed E-state index contributed by atoms with van der Waals surface area (Å²) >= 11 is 6.71. The molecule has 0 spiro atoms. The number of nitrogens with one attached hydrogen (secondary N) is 2. The van der Waals surface area contributed by atoms with Crippen LogP contribution in [-0.4, -0.2) is 62.9 Å². The van der Waals surface area contributed by atoms with Crippen LogP contribution in [0.1, 0.15) is 52.7 Å². The molecule has 254 valence electrons. The molecule has 3 aromatic carbocycles. The Bertz CT molecular complexity index is 1590. The van der Waals surface area contributed by atoms with Gasteiger partial charge < -0.3 is 30.1 Å². The van der Waals surface area contributed by atoms with E-state index in [0.29, 0.717) is 31.5 Å². The number of rotatable bonds is 11. The van der Waals surface area contributed by atoms with Crippen LogP contribution in [0.4, 0.5) is 22.4 Å². The zero-order valence-corrected chi connectivity index (χ0v) is 27.1. The normalized spacial score (nSPS) is 16.4. The zero-order valence-electron chi connectivity index (χ0n) is 26.3. The van der Waals surface area contributed by atoms with Crippen LogP contribution < -0.4 is 15.4 Å². The number of benzene rings is 3. The molecule has 47 heavy (non-hydrogen) atoms. The molecule has 8 nitrogen and oxygen atoms in total. The van der Waals surface area contributed by atoms with Gasteiger partial charge in [-0.15, -0.1) is 0 Å². The van der Waals surface area contributed by atoms with Gasteiger partial charge in [0.2, 0.25) is 0 Å². The SMILES string of the molecule is CNCc1ccc(C(=O)N2CCC[C@@H]([C@@](O)(CCCNC(=O)OC)c3cccc(Cl)c3-c3cc(C(F)(F)F)ccc3OC)C2)c(F)c1. The molecule has 0 aromatic heterocycles. The minimum absolute atomic E-state index is 0.0292. The van der Waals surface area contributed by atoms with Crippen LogP contribution in [0.5, 0.6) is 5.75 Å². The Balaban J connectivity index is 1.79. The Hall–Kier alpha value is -3.87. The standard InChI is InChI=1S/C34H38ClF4N3O5/c1-40-19-21-10-12-24(28(36)17-21)31(43)42-16-5-7-23(20-42)33(45,14-6-15-41-32(44)47-3)26-8-4-9-27(35)30(26)25-18-22(34(37,38)39)11-13-29(25)46-2/h4,8-13,17-18,23,40,45H,5-7,14-16,19-20H2,1-3H3,(H,41,44)/t23-,33+/m1/s1. The van der Waals surface area contributed by atoms with E-state index in [-0.39, 0.29) is 59.0 Å². The fraction of sp³-hybridized carbons (Fsp3) is 0.412. The summed E-state index contributed by atoms with van der Waals surface area (Å²) in [6, 6.07) is 12.1. The Morgan fingerprint density at radius 1 is 1.11 bits per heavy atom. The third-order valence-electron chi connectivity index (χ3n) is 8.49. The van der Waals surface area contributed by atoms with Crippen molar-refractivity contribution in [2.75, 3.05) is 40.9 Å². The van der Waals surface area contributed by atoms with Crippen molar-refractivity contribution in [3.63, 3.8) is 0 Å². The molecule has 1 fully saturated rings. The van der Waals surface area contributed by atoms with Gasteiger partial charge >= 0.3 is 12.3 Å². The van der Waals surface area contributed by atoms with Crippen molar-refractivity contribution in [2.45, 2.75) is 44.0 Å². The molecular weight excluding hydrogens is 642 g/mol. The second-order valence-electron chi connectivity index (χ2n) is 11.5. The van der Waals surface area contributed by atoms with E-state index >= 15 is 4.39 Å². The first kappa shape index (κ1) is 36.0. The van der Waals surface area contributed by atoms with Gasteiger partial charge in [0, 0.05) is 48.2 Å². The molecule has 0 radical (unpaired) electrons. The van der Waals surface area contributed by atoms with Crippen LogP contribution in [0.3, 0.4) is 0 Å². The molecule has 0 saturated carbocycles. The number of amides is 2. The number of ether oxygens (including phenoxy) is 2. The molecule has 1 saturated heterocycles. The molecule has 1 aliphatic heterocycles. The van der Waals surface area contributed by atoms with Crippen molar-refractivity contribution in [3.8, 4) is 16.9 Å². The lowest BCUT2D eigenvalue weighted by Gasteiger charge is -2.44. The van der Waals surface area contributed by atoms with Crippen LogP contribution in [-0.2, 0) is 23.1 Å². The first-order valence-corrected chi connectivity index (χ1v) is 15.5. The average Bonchev–Trinajstić information content (AvgIpc) is 3.05. The van der Waals surface area contributed by atoms with Gasteiger partial charge in [0.05, 0.1) is 30.9 Å². The monoisotopic (exact) mass is 679 g/mol. The summed E-state index contributed by atoms with van der Waals surface area (Å²) in [6.45, 7) is 0.894. The largest absolute Gasteiger partial charge is 0.496 e. The number of alkyl halides is 3. The van der Waals surface area contributed by atoms with Crippen LogP contribution in [0, 0.1) is 11.7 Å². The Morgan fingerprint density at radius 3 is 2.53 bits per heavy atom. The molecule has 13 heteroatoms. The van der Waals surface area contributed by atoms with E-state index in [1.54, 1.807) is 25.2 Å². The molecular formula is C34H38ClF4N3O5. The number of hydrogen-bond donors (Lipinski definition) is 3. The summed E-state index contributed by atoms with van der Waals surface area (Å²) in [5.74, 6) is -1.73. The van der Waals surface area contributed by atoms with Crippen LogP contribution >= 0.6 is 11.6 Å². The zero-order chi connectivity index (χ0) is 34.4. The maximum absolute atomic E-state index is 15.1. The predicted octanol–water partition coefficient (Wildman–Crippen LogP) is 6.77. The maximum atomic E-state index is 15.1. The number of alkyl carbamates (subject to hydrolysis) is 1. The van der Waals surface area contributed by atoms with Crippen molar-refractivity contribution in [1.82, 2.24) is 15.5 Å². The second kappa shape index (κ2) is 15.4. The van der Waals surface area contributed by atoms with Crippen molar-refractivity contribution in [2.24, 2.45) is 5.92 Å². The molecule has 1 aliphatic rings. The van der Waals surface area contributed by atoms with Crippen LogP contribution in [0.25, 0.3) is 11.1 Å². The van der Waals surface area contributed by atoms with E-state index in [2.05, 4.69) is 15.4 Å². The second-order valence-corrected chi connectivity index (χ2v) is 11.9. The van der Waals surface area contributed by atoms with Gasteiger partial charge in [-0.1, -0.05) is 29.8 Å². The molecule has 3 N–H and O–H groups in total. The highest BCUT2D eigenvalue weighted by atomic mass is 35.5. The topological polar surface area (TPSA) is 100 Å². The molecule has 4 rings (SSSR count). The highest BCUT2D eigenvalue weighted by Gasteiger charge is 2.44. The fourth-order valence-electron chi connectivity index (χ4n) is 6.19. The molecule has 2 amide bonds. The fourth-order valence-corrected chi connectivity index (χ4v) is 6.46. The third-order valence-corrected chi connectivity index (χ3v) is 8.81. The smallest absolute Gasteiger partial charge is 0.416 e. The summed E-state index contributed by atoms with van der Waals surface area (Å²) in [4.78, 5) is 26.8. The highest BCUT2D eigenvalue weighted by molar-refractivity contribution is 6.33. The van der Waals surface area contributed by atoms with Crippen molar-refractivity contribution in [1.29, 1.82) is 0 Å². The van der Waals surface area contributed by atoms with Gasteiger partial charge in [-0.2, -0.15) is 13.2 Å². The number of likely N-dealkylation sites (tertiary alicyclic amines) is 1. The molecule has 2 atom stereocenters. The minimum Gasteiger partial charge on any atom is -0.496 e. The Kier molecular flexibility index (Phi) is 11.8. The summed E-state index contributed by atoms with van der Waals surface area (Å²) in [5.41, 5.74) is -1.70. The highest BCUT2D eigenvalue weighted by Crippen LogP contribution is 2.48. The molecule has 3 aromatic rings. The lowest BCUT2D eigenvalue weighted by atomic mass is 9.72. The number of carbonyl (C=O) groups excluding carboxylic acids is 2. The van der Waals surface area contributed by atoms with Gasteiger partial charge in [0.15, 0.2) is 0 Å². The lowest BCUT2D eigenvalue weighted by Crippen LogP contribution is -2.48. The van der Waals surface area contributed by atoms with Crippen LogP contribution in [0.15, 0.2) is 54.6 Å². The quantitative estimate of drug-likeness (QED) is 0.153. The number of aliphatic hydroxyl groups is 1. The van der Waals surface area contributed by atoms with Crippen molar-refractivity contribution in [3.05, 3.63) is 87.7 Å². The first-order valence-electron chi connectivity index (χ1n) is 15.1. The number of hydrogen-bond acceptors (Lipinski definition) is 6. The first-order chi connectivity index (χ1) is 22.3. The van der Waals surface area contributed by atoms with E-state index in [0.717, 1.165) is 12.1 Å². The molecule has 0 aliphatic carbocycles. The van der Waals surface area contributed by atoms with Gasteiger partial charge in [-0.3, -0.25) is 4.79 Å². The summed E-state index contributed by atoms with van der Waals surface area (Å²) < 4.78 is 66.7. The van der Waals surface area contributed by atoms with Gasteiger partial charge in [-0.25, -0.2) is 9.18 Å². The Labute approximate surface area is 276 Å². The van der Waals surface area contributed by atoms with Crippen molar-refractivity contribution >= 4 is 23.6 Å². The number of methoxy groups -OCH3 is 2. The minimum atomic E-state index is -4.66. The van der Waals surface area contributed by atoms with E-state index in [1.807, 2.05) is 0 Å². The van der Waals surface area contributed by atoms with Gasteiger partial charge in [-0.05, 0) is 80.3 Å². The Morgan fingerprint density at radius 2 is 1.87 bits per heavy atom. The predicted molar refractivity (Wildman–Crippen MR) is 170 cm³/mol. The number of piperidine rings is 1. The van der Waals surface area contributed by atoms with E-state index in [1.165, 1.54) is 43.4 Å². The summed E-state index contributed by atoms with van der Waals surface area (Å²) in [6.07, 6.45) is -4.14. The van der Waals surface area contributed by atoms with Crippen LogP contribution in [0.2, 0.25) is 5.02 Å². The van der Waals surface area contributed by atoms with E-state index in [9.17, 15) is 27.9 Å². The average molecular weight is 680 g/mol. The molecule has 0 bridgehead atoms. The summed E-state index contributed by atoms with van der Waals surface area (Å²) in [5, 5.41) is 18.3. The lowest BCUT2D eigenvalue weighted by molar-refractivity contribution is -0.137.